The standard InChI is InChI=1S/C26H33N9O2S/c1-15-18(6-10-34(15)3)36-25-30-17(13-20(31-25)35-11-8-29-9-12-35)23-32-24(37-33-23)26(2)7-4-5-19-21(26)16(14-27)22(28)38-19/h13,15,18,29H,4-12,28H2,1-3H3/t15-,18-,26-/m0/s1. The molecule has 11 nitrogen and oxygen atoms in total. The van der Waals surface area contributed by atoms with Gasteiger partial charge in [0, 0.05) is 55.3 Å². The number of anilines is 2. The molecule has 0 amide bonds. The minimum atomic E-state index is -0.588. The van der Waals surface area contributed by atoms with Crippen molar-refractivity contribution in [3.05, 3.63) is 28.0 Å². The van der Waals surface area contributed by atoms with E-state index in [1.165, 1.54) is 11.3 Å². The van der Waals surface area contributed by atoms with Gasteiger partial charge in [0.1, 0.15) is 28.7 Å². The van der Waals surface area contributed by atoms with Crippen LogP contribution >= 0.6 is 11.3 Å². The Hall–Kier alpha value is -3.27. The Kier molecular flexibility index (Phi) is 6.45. The molecule has 5 heterocycles. The van der Waals surface area contributed by atoms with Crippen LogP contribution in [0.15, 0.2) is 10.6 Å². The molecule has 3 aromatic rings. The fourth-order valence-corrected chi connectivity index (χ4v) is 7.04. The van der Waals surface area contributed by atoms with Crippen LogP contribution in [0.3, 0.4) is 0 Å². The Morgan fingerprint density at radius 1 is 1.26 bits per heavy atom. The van der Waals surface area contributed by atoms with Crippen LogP contribution in [-0.4, -0.2) is 76.9 Å². The van der Waals surface area contributed by atoms with Crippen molar-refractivity contribution in [3.8, 4) is 23.6 Å². The number of fused-ring (bicyclic) bond motifs is 1. The third-order valence-electron chi connectivity index (χ3n) is 8.27. The quantitative estimate of drug-likeness (QED) is 0.498. The second-order valence-corrected chi connectivity index (χ2v) is 11.8. The minimum Gasteiger partial charge on any atom is -0.458 e. The number of aromatic nitrogens is 4. The van der Waals surface area contributed by atoms with Gasteiger partial charge in [0.25, 0.3) is 0 Å². The number of piperazine rings is 1. The van der Waals surface area contributed by atoms with Crippen LogP contribution in [-0.2, 0) is 11.8 Å². The number of thiophene rings is 1. The number of likely N-dealkylation sites (tertiary alicyclic amines) is 1. The summed E-state index contributed by atoms with van der Waals surface area (Å²) in [6.07, 6.45) is 3.59. The molecule has 2 saturated heterocycles. The molecule has 0 radical (unpaired) electrons. The first kappa shape index (κ1) is 25.0. The molecule has 200 valence electrons. The molecule has 3 N–H and O–H groups in total. The van der Waals surface area contributed by atoms with Crippen LogP contribution in [0.2, 0.25) is 0 Å². The Labute approximate surface area is 226 Å². The Bertz CT molecular complexity index is 1380. The lowest BCUT2D eigenvalue weighted by atomic mass is 9.72. The number of aryl methyl sites for hydroxylation is 1. The molecule has 6 rings (SSSR count). The zero-order valence-electron chi connectivity index (χ0n) is 22.0. The molecule has 0 spiro atoms. The van der Waals surface area contributed by atoms with E-state index in [1.54, 1.807) is 0 Å². The van der Waals surface area contributed by atoms with Gasteiger partial charge in [0.05, 0.1) is 11.0 Å². The first-order valence-electron chi connectivity index (χ1n) is 13.3. The van der Waals surface area contributed by atoms with E-state index in [1.807, 2.05) is 6.07 Å². The number of nitrogens with zero attached hydrogens (tertiary/aromatic N) is 7. The topological polar surface area (TPSA) is 142 Å². The number of likely N-dealkylation sites (N-methyl/N-ethyl adjacent to an activating group) is 1. The van der Waals surface area contributed by atoms with Crippen molar-refractivity contribution in [1.29, 1.82) is 5.26 Å². The Morgan fingerprint density at radius 2 is 2.08 bits per heavy atom. The molecule has 0 aromatic carbocycles. The molecule has 12 heteroatoms. The number of nitrogens with two attached hydrogens (primary N) is 1. The van der Waals surface area contributed by atoms with Gasteiger partial charge in [0.2, 0.25) is 11.7 Å². The van der Waals surface area contributed by atoms with Crippen molar-refractivity contribution in [2.24, 2.45) is 0 Å². The fourth-order valence-electron chi connectivity index (χ4n) is 5.85. The highest BCUT2D eigenvalue weighted by atomic mass is 32.1. The predicted octanol–water partition coefficient (Wildman–Crippen LogP) is 2.57. The van der Waals surface area contributed by atoms with Gasteiger partial charge in [-0.3, -0.25) is 4.90 Å². The second kappa shape index (κ2) is 9.80. The number of hydrogen-bond acceptors (Lipinski definition) is 12. The average molecular weight is 536 g/mol. The van der Waals surface area contributed by atoms with E-state index in [-0.39, 0.29) is 12.1 Å². The summed E-state index contributed by atoms with van der Waals surface area (Å²) in [6.45, 7) is 8.66. The van der Waals surface area contributed by atoms with E-state index in [0.717, 1.165) is 74.7 Å². The number of nitriles is 1. The molecule has 3 aliphatic rings. The summed E-state index contributed by atoms with van der Waals surface area (Å²) >= 11 is 1.49. The summed E-state index contributed by atoms with van der Waals surface area (Å²) in [4.78, 5) is 20.0. The van der Waals surface area contributed by atoms with Crippen LogP contribution in [0, 0.1) is 11.3 Å². The minimum absolute atomic E-state index is 0.0139. The van der Waals surface area contributed by atoms with Gasteiger partial charge in [-0.1, -0.05) is 5.16 Å². The molecule has 3 atom stereocenters. The second-order valence-electron chi connectivity index (χ2n) is 10.7. The zero-order valence-corrected chi connectivity index (χ0v) is 22.8. The smallest absolute Gasteiger partial charge is 0.319 e. The zero-order chi connectivity index (χ0) is 26.4. The van der Waals surface area contributed by atoms with Crippen LogP contribution in [0.4, 0.5) is 10.8 Å². The lowest BCUT2D eigenvalue weighted by Crippen LogP contribution is -2.44. The summed E-state index contributed by atoms with van der Waals surface area (Å²) in [5, 5.41) is 18.1. The summed E-state index contributed by atoms with van der Waals surface area (Å²) in [6, 6.07) is 4.82. The van der Waals surface area contributed by atoms with E-state index in [9.17, 15) is 5.26 Å². The molecule has 0 unspecified atom stereocenters. The highest BCUT2D eigenvalue weighted by Gasteiger charge is 2.43. The molecule has 0 bridgehead atoms. The normalized spacial score (nSPS) is 25.8. The van der Waals surface area contributed by atoms with Crippen LogP contribution in [0.25, 0.3) is 11.5 Å². The molecule has 1 aliphatic carbocycles. The summed E-state index contributed by atoms with van der Waals surface area (Å²) in [5.74, 6) is 1.65. The molecule has 2 fully saturated rings. The maximum Gasteiger partial charge on any atom is 0.319 e. The number of nitrogen functional groups attached to an aromatic ring is 1. The lowest BCUT2D eigenvalue weighted by molar-refractivity contribution is 0.147. The average Bonchev–Trinajstić information content (AvgIpc) is 3.64. The van der Waals surface area contributed by atoms with E-state index in [2.05, 4.69) is 47.2 Å². The van der Waals surface area contributed by atoms with E-state index < -0.39 is 5.41 Å². The van der Waals surface area contributed by atoms with Crippen molar-refractivity contribution in [2.45, 2.75) is 57.1 Å². The van der Waals surface area contributed by atoms with Crippen molar-refractivity contribution >= 4 is 22.2 Å². The largest absolute Gasteiger partial charge is 0.458 e. The van der Waals surface area contributed by atoms with E-state index in [4.69, 9.17) is 29.9 Å². The molecule has 0 saturated carbocycles. The van der Waals surface area contributed by atoms with Crippen LogP contribution in [0.1, 0.15) is 55.0 Å². The highest BCUT2D eigenvalue weighted by Crippen LogP contribution is 2.48. The molecule has 2 aliphatic heterocycles. The molecular formula is C26H33N9O2S. The SMILES string of the molecule is C[C@H]1[C@@H](Oc2nc(-c3noc([C@@]4(C)CCCc5sc(N)c(C#N)c54)n3)cc(N3CCNCC3)n2)CCN1C. The predicted molar refractivity (Wildman–Crippen MR) is 144 cm³/mol. The van der Waals surface area contributed by atoms with Gasteiger partial charge in [-0.2, -0.15) is 20.2 Å². The monoisotopic (exact) mass is 535 g/mol. The Morgan fingerprint density at radius 3 is 2.82 bits per heavy atom. The lowest BCUT2D eigenvalue weighted by Gasteiger charge is -2.30. The van der Waals surface area contributed by atoms with Crippen molar-refractivity contribution in [2.75, 3.05) is 50.4 Å². The van der Waals surface area contributed by atoms with Crippen molar-refractivity contribution < 1.29 is 9.26 Å². The summed E-state index contributed by atoms with van der Waals surface area (Å²) in [7, 11) is 2.11. The van der Waals surface area contributed by atoms with Gasteiger partial charge in [-0.15, -0.1) is 11.3 Å². The number of hydrogen-bond donors (Lipinski definition) is 2. The third-order valence-corrected chi connectivity index (χ3v) is 9.35. The number of ether oxygens (including phenoxy) is 1. The van der Waals surface area contributed by atoms with Gasteiger partial charge < -0.3 is 25.2 Å². The van der Waals surface area contributed by atoms with Crippen LogP contribution < -0.4 is 20.7 Å². The first-order chi connectivity index (χ1) is 18.4. The van der Waals surface area contributed by atoms with Crippen LogP contribution in [0.5, 0.6) is 6.01 Å². The van der Waals surface area contributed by atoms with Crippen molar-refractivity contribution in [1.82, 2.24) is 30.3 Å². The summed E-state index contributed by atoms with van der Waals surface area (Å²) < 4.78 is 12.2. The number of nitrogens with one attached hydrogen (secondary N) is 1. The maximum absolute atomic E-state index is 9.83. The van der Waals surface area contributed by atoms with Gasteiger partial charge in [0.15, 0.2) is 0 Å². The van der Waals surface area contributed by atoms with E-state index >= 15 is 0 Å². The molecule has 38 heavy (non-hydrogen) atoms. The highest BCUT2D eigenvalue weighted by molar-refractivity contribution is 7.16. The Balaban J connectivity index is 1.37. The summed E-state index contributed by atoms with van der Waals surface area (Å²) in [5.41, 5.74) is 7.63. The van der Waals surface area contributed by atoms with E-state index in [0.29, 0.717) is 34.0 Å². The van der Waals surface area contributed by atoms with Gasteiger partial charge >= 0.3 is 6.01 Å². The maximum atomic E-state index is 9.83. The third kappa shape index (κ3) is 4.28. The number of rotatable bonds is 5. The fraction of sp³-hybridized carbons (Fsp3) is 0.577. The van der Waals surface area contributed by atoms with Gasteiger partial charge in [-0.05, 0) is 46.6 Å². The van der Waals surface area contributed by atoms with Crippen molar-refractivity contribution in [3.63, 3.8) is 0 Å². The first-order valence-corrected chi connectivity index (χ1v) is 14.1. The molecule has 3 aromatic heterocycles. The molecular weight excluding hydrogens is 502 g/mol. The van der Waals surface area contributed by atoms with Gasteiger partial charge in [-0.25, -0.2) is 0 Å².